The summed E-state index contributed by atoms with van der Waals surface area (Å²) in [5.74, 6) is 0. The van der Waals surface area contributed by atoms with Crippen molar-refractivity contribution >= 4 is 6.03 Å². The zero-order valence-electron chi connectivity index (χ0n) is 15.1. The summed E-state index contributed by atoms with van der Waals surface area (Å²) >= 11 is 0. The number of nitrogens with zero attached hydrogens (tertiary/aromatic N) is 2. The first-order valence-electron chi connectivity index (χ1n) is 8.97. The molecule has 0 aliphatic carbocycles. The third-order valence-corrected chi connectivity index (χ3v) is 4.92. The summed E-state index contributed by atoms with van der Waals surface area (Å²) in [5.41, 5.74) is 3.52. The number of likely N-dealkylation sites (N-methyl/N-ethyl adjacent to an activating group) is 1. The van der Waals surface area contributed by atoms with Crippen LogP contribution < -0.4 is 5.32 Å². The normalized spacial score (nSPS) is 17.6. The van der Waals surface area contributed by atoms with Gasteiger partial charge in [0.05, 0.1) is 0 Å². The average Bonchev–Trinajstić information content (AvgIpc) is 2.67. The number of carbonyl (C=O) groups is 1. The van der Waals surface area contributed by atoms with Crippen LogP contribution in [0, 0.1) is 0 Å². The molecule has 3 rings (SSSR count). The minimum Gasteiger partial charge on any atom is -0.334 e. The van der Waals surface area contributed by atoms with Gasteiger partial charge in [-0.25, -0.2) is 4.79 Å². The molecule has 2 aromatic rings. The molecule has 0 aromatic heterocycles. The second kappa shape index (κ2) is 8.17. The summed E-state index contributed by atoms with van der Waals surface area (Å²) in [5, 5.41) is 3.06. The van der Waals surface area contributed by atoms with Gasteiger partial charge in [-0.05, 0) is 43.6 Å². The molecule has 1 N–H and O–H groups in total. The minimum absolute atomic E-state index is 0.0404. The number of carbonyl (C=O) groups excluding carboxylic acids is 1. The molecule has 1 aliphatic heterocycles. The number of piperidine rings is 1. The van der Waals surface area contributed by atoms with Crippen LogP contribution in [0.15, 0.2) is 54.6 Å². The van der Waals surface area contributed by atoms with Gasteiger partial charge in [0, 0.05) is 25.7 Å². The lowest BCUT2D eigenvalue weighted by Crippen LogP contribution is -2.50. The monoisotopic (exact) mass is 337 g/mol. The molecule has 0 radical (unpaired) electrons. The Morgan fingerprint density at radius 2 is 1.76 bits per heavy atom. The van der Waals surface area contributed by atoms with Crippen molar-refractivity contribution in [2.75, 3.05) is 27.2 Å². The van der Waals surface area contributed by atoms with Gasteiger partial charge in [-0.15, -0.1) is 0 Å². The van der Waals surface area contributed by atoms with Crippen LogP contribution in [0.5, 0.6) is 0 Å². The lowest BCUT2D eigenvalue weighted by molar-refractivity contribution is 0.140. The van der Waals surface area contributed by atoms with Crippen LogP contribution in [-0.4, -0.2) is 49.1 Å². The van der Waals surface area contributed by atoms with E-state index in [2.05, 4.69) is 60.7 Å². The highest BCUT2D eigenvalue weighted by molar-refractivity contribution is 5.74. The Labute approximate surface area is 150 Å². The molecule has 4 heteroatoms. The van der Waals surface area contributed by atoms with Crippen molar-refractivity contribution in [2.24, 2.45) is 0 Å². The molecule has 2 aromatic carbocycles. The van der Waals surface area contributed by atoms with Gasteiger partial charge in [0.2, 0.25) is 0 Å². The maximum absolute atomic E-state index is 12.4. The van der Waals surface area contributed by atoms with Crippen molar-refractivity contribution in [3.8, 4) is 11.1 Å². The van der Waals surface area contributed by atoms with E-state index in [-0.39, 0.29) is 6.03 Å². The molecule has 1 saturated heterocycles. The molecule has 0 unspecified atom stereocenters. The molecule has 1 fully saturated rings. The van der Waals surface area contributed by atoms with Gasteiger partial charge >= 0.3 is 6.03 Å². The second-order valence-corrected chi connectivity index (χ2v) is 6.93. The smallest absolute Gasteiger partial charge is 0.317 e. The fourth-order valence-electron chi connectivity index (χ4n) is 3.30. The zero-order valence-corrected chi connectivity index (χ0v) is 15.1. The third kappa shape index (κ3) is 4.60. The number of likely N-dealkylation sites (tertiary alicyclic amines) is 1. The number of nitrogens with one attached hydrogen (secondary N) is 1. The molecule has 1 atom stereocenters. The highest BCUT2D eigenvalue weighted by Gasteiger charge is 2.24. The molecule has 0 bridgehead atoms. The predicted molar refractivity (Wildman–Crippen MR) is 102 cm³/mol. The molecule has 4 nitrogen and oxygen atoms in total. The standard InChI is InChI=1S/C21H27N3O/c1-23(2)20-9-6-14-24(16-20)21(25)22-15-17-10-12-19(13-11-17)18-7-4-3-5-8-18/h3-5,7-8,10-13,20H,6,9,14-16H2,1-2H3,(H,22,25)/t20-/m1/s1. The van der Waals surface area contributed by atoms with Crippen LogP contribution in [0.25, 0.3) is 11.1 Å². The van der Waals surface area contributed by atoms with E-state index < -0.39 is 0 Å². The van der Waals surface area contributed by atoms with Crippen molar-refractivity contribution in [2.45, 2.75) is 25.4 Å². The van der Waals surface area contributed by atoms with Crippen molar-refractivity contribution in [1.29, 1.82) is 0 Å². The number of amides is 2. The highest BCUT2D eigenvalue weighted by atomic mass is 16.2. The third-order valence-electron chi connectivity index (χ3n) is 4.92. The first kappa shape index (κ1) is 17.5. The van der Waals surface area contributed by atoms with Gasteiger partial charge in [0.15, 0.2) is 0 Å². The SMILES string of the molecule is CN(C)[C@@H]1CCCN(C(=O)NCc2ccc(-c3ccccc3)cc2)C1. The van der Waals surface area contributed by atoms with Crippen molar-refractivity contribution in [1.82, 2.24) is 15.1 Å². The number of benzene rings is 2. The largest absolute Gasteiger partial charge is 0.334 e. The molecular weight excluding hydrogens is 310 g/mol. The summed E-state index contributed by atoms with van der Waals surface area (Å²) < 4.78 is 0. The van der Waals surface area contributed by atoms with Crippen LogP contribution in [0.4, 0.5) is 4.79 Å². The predicted octanol–water partition coefficient (Wildman–Crippen LogP) is 3.59. The molecule has 25 heavy (non-hydrogen) atoms. The minimum atomic E-state index is 0.0404. The van der Waals surface area contributed by atoms with Gasteiger partial charge in [0.25, 0.3) is 0 Å². The van der Waals surface area contributed by atoms with E-state index in [1.165, 1.54) is 11.1 Å². The van der Waals surface area contributed by atoms with Crippen LogP contribution in [0.3, 0.4) is 0 Å². The van der Waals surface area contributed by atoms with Gasteiger partial charge in [-0.1, -0.05) is 54.6 Å². The molecule has 1 heterocycles. The molecule has 2 amide bonds. The Morgan fingerprint density at radius 3 is 2.44 bits per heavy atom. The van der Waals surface area contributed by atoms with Crippen molar-refractivity contribution in [3.05, 3.63) is 60.2 Å². The van der Waals surface area contributed by atoms with Crippen LogP contribution >= 0.6 is 0 Å². The topological polar surface area (TPSA) is 35.6 Å². The Hall–Kier alpha value is -2.33. The Balaban J connectivity index is 1.54. The molecule has 132 valence electrons. The highest BCUT2D eigenvalue weighted by Crippen LogP contribution is 2.19. The van der Waals surface area contributed by atoms with Crippen molar-refractivity contribution < 1.29 is 4.79 Å². The van der Waals surface area contributed by atoms with Crippen molar-refractivity contribution in [3.63, 3.8) is 0 Å². The lowest BCUT2D eigenvalue weighted by atomic mass is 10.0. The first-order chi connectivity index (χ1) is 12.1. The quantitative estimate of drug-likeness (QED) is 0.925. The second-order valence-electron chi connectivity index (χ2n) is 6.93. The average molecular weight is 337 g/mol. The van der Waals surface area contributed by atoms with Crippen LogP contribution in [-0.2, 0) is 6.54 Å². The Morgan fingerprint density at radius 1 is 1.08 bits per heavy atom. The van der Waals surface area contributed by atoms with E-state index >= 15 is 0 Å². The summed E-state index contributed by atoms with van der Waals surface area (Å²) in [7, 11) is 4.17. The van der Waals surface area contributed by atoms with Crippen LogP contribution in [0.1, 0.15) is 18.4 Å². The maximum Gasteiger partial charge on any atom is 0.317 e. The van der Waals surface area contributed by atoms with Gasteiger partial charge < -0.3 is 15.1 Å². The van der Waals surface area contributed by atoms with Crippen LogP contribution in [0.2, 0.25) is 0 Å². The molecule has 0 spiro atoms. The first-order valence-corrected chi connectivity index (χ1v) is 8.97. The summed E-state index contributed by atoms with van der Waals surface area (Å²) in [6.45, 7) is 2.23. The molecule has 1 aliphatic rings. The number of rotatable bonds is 4. The van der Waals surface area contributed by atoms with Gasteiger partial charge in [0.1, 0.15) is 0 Å². The Bertz CT molecular complexity index is 682. The Kier molecular flexibility index (Phi) is 5.71. The number of hydrogen-bond donors (Lipinski definition) is 1. The van der Waals surface area contributed by atoms with E-state index in [1.54, 1.807) is 0 Å². The maximum atomic E-state index is 12.4. The van der Waals surface area contributed by atoms with E-state index in [0.29, 0.717) is 12.6 Å². The van der Waals surface area contributed by atoms with E-state index in [0.717, 1.165) is 31.5 Å². The van der Waals surface area contributed by atoms with Gasteiger partial charge in [-0.2, -0.15) is 0 Å². The molecular formula is C21H27N3O. The number of hydrogen-bond acceptors (Lipinski definition) is 2. The molecule has 0 saturated carbocycles. The fourth-order valence-corrected chi connectivity index (χ4v) is 3.30. The number of urea groups is 1. The lowest BCUT2D eigenvalue weighted by Gasteiger charge is -2.36. The summed E-state index contributed by atoms with van der Waals surface area (Å²) in [6, 6.07) is 19.2. The van der Waals surface area contributed by atoms with E-state index in [1.807, 2.05) is 23.1 Å². The summed E-state index contributed by atoms with van der Waals surface area (Å²) in [4.78, 5) is 16.6. The van der Waals surface area contributed by atoms with E-state index in [9.17, 15) is 4.79 Å². The van der Waals surface area contributed by atoms with Gasteiger partial charge in [-0.3, -0.25) is 0 Å². The zero-order chi connectivity index (χ0) is 17.6. The fraction of sp³-hybridized carbons (Fsp3) is 0.381. The van der Waals surface area contributed by atoms with E-state index in [4.69, 9.17) is 0 Å². The summed E-state index contributed by atoms with van der Waals surface area (Å²) in [6.07, 6.45) is 2.24.